The molecule has 0 radical (unpaired) electrons. The van der Waals surface area contributed by atoms with Crippen LogP contribution in [-0.4, -0.2) is 68.6 Å². The maximum Gasteiger partial charge on any atom is 0.407 e. The van der Waals surface area contributed by atoms with Gasteiger partial charge in [0.15, 0.2) is 5.65 Å². The predicted molar refractivity (Wildman–Crippen MR) is 158 cm³/mol. The highest BCUT2D eigenvalue weighted by Crippen LogP contribution is 2.35. The number of H-pyrrole nitrogens is 1. The summed E-state index contributed by atoms with van der Waals surface area (Å²) in [6.45, 7) is 8.47. The topological polar surface area (TPSA) is 142 Å². The minimum absolute atomic E-state index is 0.329. The summed E-state index contributed by atoms with van der Waals surface area (Å²) in [5.74, 6) is 0.286. The van der Waals surface area contributed by atoms with E-state index < -0.39 is 23.6 Å². The van der Waals surface area contributed by atoms with E-state index in [0.717, 1.165) is 26.8 Å². The number of primary amides is 1. The third kappa shape index (κ3) is 6.26. The van der Waals surface area contributed by atoms with E-state index in [-0.39, 0.29) is 0 Å². The molecule has 4 heterocycles. The molecule has 2 amide bonds. The Hall–Kier alpha value is -3.55. The van der Waals surface area contributed by atoms with E-state index in [2.05, 4.69) is 46.0 Å². The largest absolute Gasteiger partial charge is 0.444 e. The van der Waals surface area contributed by atoms with Gasteiger partial charge in [0.25, 0.3) is 0 Å². The van der Waals surface area contributed by atoms with Crippen molar-refractivity contribution in [2.75, 3.05) is 31.1 Å². The Morgan fingerprint density at radius 1 is 1.23 bits per heavy atom. The fourth-order valence-electron chi connectivity index (χ4n) is 4.70. The molecule has 3 aromatic heterocycles. The monoisotopic (exact) mass is 626 g/mol. The molecule has 1 unspecified atom stereocenters. The van der Waals surface area contributed by atoms with Gasteiger partial charge in [-0.25, -0.2) is 19.7 Å². The maximum atomic E-state index is 12.2. The Balaban J connectivity index is 1.34. The second-order valence-corrected chi connectivity index (χ2v) is 12.3. The highest BCUT2D eigenvalue weighted by Gasteiger charge is 2.32. The quantitative estimate of drug-likeness (QED) is 0.277. The fourth-order valence-corrected chi connectivity index (χ4v) is 6.02. The van der Waals surface area contributed by atoms with E-state index >= 15 is 0 Å². The van der Waals surface area contributed by atoms with Crippen LogP contribution in [0.4, 0.5) is 10.5 Å². The summed E-state index contributed by atoms with van der Waals surface area (Å²) in [6, 6.07) is 7.28. The van der Waals surface area contributed by atoms with Gasteiger partial charge in [-0.2, -0.15) is 0 Å². The number of anilines is 1. The number of carbonyl (C=O) groups is 2. The number of amides is 2. The molecule has 13 heteroatoms. The number of imidazole rings is 1. The zero-order valence-electron chi connectivity index (χ0n) is 22.5. The van der Waals surface area contributed by atoms with Gasteiger partial charge >= 0.3 is 6.09 Å². The first-order valence-corrected chi connectivity index (χ1v) is 14.5. The van der Waals surface area contributed by atoms with Crippen LogP contribution >= 0.6 is 27.3 Å². The van der Waals surface area contributed by atoms with Crippen LogP contribution in [0.5, 0.6) is 0 Å². The highest BCUT2D eigenvalue weighted by atomic mass is 79.9. The number of rotatable bonds is 7. The molecule has 4 N–H and O–H groups in total. The number of alkyl carbamates (subject to hydrolysis) is 1. The molecule has 0 saturated carbocycles. The third-order valence-electron chi connectivity index (χ3n) is 6.43. The van der Waals surface area contributed by atoms with Gasteiger partial charge < -0.3 is 25.7 Å². The zero-order valence-corrected chi connectivity index (χ0v) is 24.9. The van der Waals surface area contributed by atoms with E-state index in [1.54, 1.807) is 12.4 Å². The third-order valence-corrected chi connectivity index (χ3v) is 7.84. The Kier molecular flexibility index (Phi) is 8.06. The van der Waals surface area contributed by atoms with Crippen molar-refractivity contribution in [2.45, 2.75) is 39.0 Å². The van der Waals surface area contributed by atoms with E-state index in [1.807, 2.05) is 50.4 Å². The zero-order chi connectivity index (χ0) is 28.4. The standard InChI is InChI=1S/C27H31BrN8O3S/c1-27(2,3)39-26(38)32-14-16-5-4-6-17(13-16)23-33-19-20(18(28)15-31-24(19)34-23)35-8-10-36(11-9-35)21(22(29)37)25-30-7-12-40-25/h4-7,12-13,15,21H,8-11,14H2,1-3H3,(H2,29,37)(H,32,38)(H,31,33,34). The molecule has 1 aliphatic heterocycles. The Morgan fingerprint density at radius 2 is 2.00 bits per heavy atom. The molecule has 0 aliphatic carbocycles. The maximum absolute atomic E-state index is 12.2. The lowest BCUT2D eigenvalue weighted by Gasteiger charge is -2.38. The van der Waals surface area contributed by atoms with Crippen molar-refractivity contribution in [1.82, 2.24) is 30.2 Å². The van der Waals surface area contributed by atoms with Crippen molar-refractivity contribution in [3.8, 4) is 11.4 Å². The molecule has 1 atom stereocenters. The van der Waals surface area contributed by atoms with Crippen molar-refractivity contribution in [2.24, 2.45) is 5.73 Å². The smallest absolute Gasteiger partial charge is 0.407 e. The molecular formula is C27H31BrN8O3S. The second kappa shape index (κ2) is 11.5. The molecule has 4 aromatic rings. The second-order valence-electron chi connectivity index (χ2n) is 10.5. The molecule has 0 spiro atoms. The first-order valence-electron chi connectivity index (χ1n) is 12.9. The number of aromatic amines is 1. The number of ether oxygens (including phenoxy) is 1. The number of aromatic nitrogens is 4. The summed E-state index contributed by atoms with van der Waals surface area (Å²) in [5.41, 5.74) is 9.35. The lowest BCUT2D eigenvalue weighted by molar-refractivity contribution is -0.123. The fraction of sp³-hybridized carbons (Fsp3) is 0.370. The molecular weight excluding hydrogens is 596 g/mol. The van der Waals surface area contributed by atoms with Gasteiger partial charge in [0.05, 0.1) is 10.2 Å². The first kappa shape index (κ1) is 28.0. The molecule has 1 saturated heterocycles. The van der Waals surface area contributed by atoms with Crippen LogP contribution in [0.1, 0.15) is 37.4 Å². The number of nitrogens with one attached hydrogen (secondary N) is 2. The number of carbonyl (C=O) groups excluding carboxylic acids is 2. The Labute approximate surface area is 244 Å². The molecule has 40 heavy (non-hydrogen) atoms. The van der Waals surface area contributed by atoms with Crippen molar-refractivity contribution in [1.29, 1.82) is 0 Å². The number of fused-ring (bicyclic) bond motifs is 1. The number of nitrogens with zero attached hydrogens (tertiary/aromatic N) is 5. The minimum Gasteiger partial charge on any atom is -0.444 e. The minimum atomic E-state index is -0.559. The lowest BCUT2D eigenvalue weighted by Crippen LogP contribution is -2.50. The predicted octanol–water partition coefficient (Wildman–Crippen LogP) is 4.22. The summed E-state index contributed by atoms with van der Waals surface area (Å²) >= 11 is 5.12. The average Bonchev–Trinajstić information content (AvgIpc) is 3.58. The van der Waals surface area contributed by atoms with Gasteiger partial charge in [-0.05, 0) is 48.3 Å². The van der Waals surface area contributed by atoms with Gasteiger partial charge in [0, 0.05) is 56.1 Å². The average molecular weight is 628 g/mol. The summed E-state index contributed by atoms with van der Waals surface area (Å²) < 4.78 is 6.17. The number of halogens is 1. The number of pyridine rings is 1. The molecule has 1 aliphatic rings. The summed E-state index contributed by atoms with van der Waals surface area (Å²) in [4.78, 5) is 45.8. The van der Waals surface area contributed by atoms with Crippen LogP contribution in [0.3, 0.4) is 0 Å². The van der Waals surface area contributed by atoms with Gasteiger partial charge in [-0.3, -0.25) is 9.69 Å². The van der Waals surface area contributed by atoms with E-state index in [9.17, 15) is 9.59 Å². The number of hydrogen-bond donors (Lipinski definition) is 3. The molecule has 5 rings (SSSR count). The van der Waals surface area contributed by atoms with Crippen LogP contribution in [0, 0.1) is 0 Å². The summed E-state index contributed by atoms with van der Waals surface area (Å²) in [7, 11) is 0. The van der Waals surface area contributed by atoms with Crippen LogP contribution in [-0.2, 0) is 16.1 Å². The lowest BCUT2D eigenvalue weighted by atomic mass is 10.1. The van der Waals surface area contributed by atoms with Crippen molar-refractivity contribution >= 4 is 56.1 Å². The SMILES string of the molecule is CC(C)(C)OC(=O)NCc1cccc(-c2nc3c(N4CCN(C(C(N)=O)c5nccs5)CC4)c(Br)cnc3[nH]2)c1. The van der Waals surface area contributed by atoms with Crippen molar-refractivity contribution < 1.29 is 14.3 Å². The van der Waals surface area contributed by atoms with Gasteiger partial charge in [0.1, 0.15) is 28.0 Å². The molecule has 210 valence electrons. The van der Waals surface area contributed by atoms with Gasteiger partial charge in [-0.15, -0.1) is 11.3 Å². The summed E-state index contributed by atoms with van der Waals surface area (Å²) in [6.07, 6.45) is 3.00. The van der Waals surface area contributed by atoms with Crippen LogP contribution in [0.25, 0.3) is 22.6 Å². The molecule has 11 nitrogen and oxygen atoms in total. The molecule has 1 fully saturated rings. The van der Waals surface area contributed by atoms with Gasteiger partial charge in [0.2, 0.25) is 5.91 Å². The van der Waals surface area contributed by atoms with E-state index in [1.165, 1.54) is 11.3 Å². The number of hydrogen-bond acceptors (Lipinski definition) is 9. The van der Waals surface area contributed by atoms with Crippen LogP contribution in [0.2, 0.25) is 0 Å². The molecule has 0 bridgehead atoms. The highest BCUT2D eigenvalue weighted by molar-refractivity contribution is 9.10. The molecule has 1 aromatic carbocycles. The van der Waals surface area contributed by atoms with Crippen molar-refractivity contribution in [3.05, 3.63) is 57.1 Å². The Morgan fingerprint density at radius 3 is 2.67 bits per heavy atom. The van der Waals surface area contributed by atoms with Crippen molar-refractivity contribution in [3.63, 3.8) is 0 Å². The number of benzene rings is 1. The van der Waals surface area contributed by atoms with E-state index in [0.29, 0.717) is 49.2 Å². The van der Waals surface area contributed by atoms with Crippen LogP contribution < -0.4 is 16.0 Å². The van der Waals surface area contributed by atoms with Crippen LogP contribution in [0.15, 0.2) is 46.5 Å². The summed E-state index contributed by atoms with van der Waals surface area (Å²) in [5, 5.41) is 5.37. The number of nitrogens with two attached hydrogens (primary N) is 1. The van der Waals surface area contributed by atoms with Gasteiger partial charge in [-0.1, -0.05) is 18.2 Å². The normalized spacial score (nSPS) is 15.2. The first-order chi connectivity index (χ1) is 19.1. The number of thiazole rings is 1. The number of piperazine rings is 1. The van der Waals surface area contributed by atoms with E-state index in [4.69, 9.17) is 15.5 Å². The Bertz CT molecular complexity index is 1510.